The van der Waals surface area contributed by atoms with E-state index in [0.29, 0.717) is 16.3 Å². The first-order valence-corrected chi connectivity index (χ1v) is 9.75. The molecule has 152 valence electrons. The highest BCUT2D eigenvalue weighted by Gasteiger charge is 2.31. The Balaban J connectivity index is 1.59. The van der Waals surface area contributed by atoms with E-state index in [4.69, 9.17) is 11.6 Å². The summed E-state index contributed by atoms with van der Waals surface area (Å²) in [5.41, 5.74) is 2.13. The number of hydrogen-bond donors (Lipinski definition) is 0. The van der Waals surface area contributed by atoms with Crippen molar-refractivity contribution in [3.63, 3.8) is 0 Å². The van der Waals surface area contributed by atoms with Gasteiger partial charge >= 0.3 is 6.36 Å². The molecule has 0 aliphatic heterocycles. The van der Waals surface area contributed by atoms with E-state index >= 15 is 0 Å². The molecule has 1 aromatic heterocycles. The van der Waals surface area contributed by atoms with Crippen LogP contribution in [0.5, 0.6) is 5.75 Å². The first kappa shape index (κ1) is 21.1. The highest BCUT2D eigenvalue weighted by atomic mass is 35.5. The van der Waals surface area contributed by atoms with Crippen LogP contribution in [0.3, 0.4) is 0 Å². The standard InChI is InChI=1S/C20H16ClF3N2O2S/c1-26(11-13-6-8-15(9-7-13)28-20(22,23)24)18(27)10-14-12-29-19(25-14)16-4-2-3-5-17(16)21/h2-9,12H,10-11H2,1H3. The van der Waals surface area contributed by atoms with E-state index in [1.165, 1.54) is 40.5 Å². The Labute approximate surface area is 174 Å². The summed E-state index contributed by atoms with van der Waals surface area (Å²) >= 11 is 7.59. The molecule has 0 spiro atoms. The maximum absolute atomic E-state index is 12.5. The van der Waals surface area contributed by atoms with E-state index in [0.717, 1.165) is 10.6 Å². The fourth-order valence-electron chi connectivity index (χ4n) is 2.59. The molecule has 0 unspecified atom stereocenters. The highest BCUT2D eigenvalue weighted by molar-refractivity contribution is 7.13. The number of benzene rings is 2. The molecule has 0 bridgehead atoms. The lowest BCUT2D eigenvalue weighted by Crippen LogP contribution is -2.27. The molecule has 0 radical (unpaired) electrons. The highest BCUT2D eigenvalue weighted by Crippen LogP contribution is 2.30. The van der Waals surface area contributed by atoms with Crippen LogP contribution in [-0.4, -0.2) is 29.2 Å². The summed E-state index contributed by atoms with van der Waals surface area (Å²) in [7, 11) is 1.63. The average Bonchev–Trinajstić information content (AvgIpc) is 3.10. The number of amides is 1. The van der Waals surface area contributed by atoms with Crippen LogP contribution >= 0.6 is 22.9 Å². The van der Waals surface area contributed by atoms with Gasteiger partial charge < -0.3 is 9.64 Å². The number of carbonyl (C=O) groups is 1. The zero-order valence-corrected chi connectivity index (χ0v) is 16.8. The van der Waals surface area contributed by atoms with Gasteiger partial charge in [-0.2, -0.15) is 0 Å². The maximum atomic E-state index is 12.5. The van der Waals surface area contributed by atoms with E-state index in [9.17, 15) is 18.0 Å². The fraction of sp³-hybridized carbons (Fsp3) is 0.200. The number of likely N-dealkylation sites (N-methyl/N-ethyl adjacent to an activating group) is 1. The van der Waals surface area contributed by atoms with Gasteiger partial charge in [0.15, 0.2) is 0 Å². The van der Waals surface area contributed by atoms with Crippen molar-refractivity contribution in [2.45, 2.75) is 19.3 Å². The monoisotopic (exact) mass is 440 g/mol. The molecule has 1 amide bonds. The summed E-state index contributed by atoms with van der Waals surface area (Å²) < 4.78 is 40.5. The number of ether oxygens (including phenoxy) is 1. The van der Waals surface area contributed by atoms with Crippen LogP contribution < -0.4 is 4.74 Å². The number of rotatable bonds is 6. The fourth-order valence-corrected chi connectivity index (χ4v) is 3.73. The van der Waals surface area contributed by atoms with Gasteiger partial charge in [0.25, 0.3) is 0 Å². The van der Waals surface area contributed by atoms with Crippen LogP contribution in [0.25, 0.3) is 10.6 Å². The number of nitrogens with zero attached hydrogens (tertiary/aromatic N) is 2. The Morgan fingerprint density at radius 2 is 1.86 bits per heavy atom. The Kier molecular flexibility index (Phi) is 6.44. The average molecular weight is 441 g/mol. The number of thiazole rings is 1. The Bertz CT molecular complexity index is 990. The van der Waals surface area contributed by atoms with Gasteiger partial charge in [0.1, 0.15) is 10.8 Å². The van der Waals surface area contributed by atoms with Crippen LogP contribution in [0.2, 0.25) is 5.02 Å². The van der Waals surface area contributed by atoms with Crippen molar-refractivity contribution in [1.82, 2.24) is 9.88 Å². The molecule has 0 N–H and O–H groups in total. The molecule has 4 nitrogen and oxygen atoms in total. The lowest BCUT2D eigenvalue weighted by molar-refractivity contribution is -0.274. The van der Waals surface area contributed by atoms with E-state index in [2.05, 4.69) is 9.72 Å². The zero-order chi connectivity index (χ0) is 21.0. The molecule has 3 rings (SSSR count). The Hall–Kier alpha value is -2.58. The van der Waals surface area contributed by atoms with Crippen molar-refractivity contribution in [2.24, 2.45) is 0 Å². The van der Waals surface area contributed by atoms with Gasteiger partial charge in [0, 0.05) is 24.5 Å². The molecule has 0 aliphatic rings. The summed E-state index contributed by atoms with van der Waals surface area (Å²) in [4.78, 5) is 18.4. The minimum absolute atomic E-state index is 0.118. The second-order valence-electron chi connectivity index (χ2n) is 6.24. The van der Waals surface area contributed by atoms with Crippen molar-refractivity contribution in [3.05, 3.63) is 70.2 Å². The molecule has 29 heavy (non-hydrogen) atoms. The molecule has 0 aliphatic carbocycles. The normalized spacial score (nSPS) is 11.3. The van der Waals surface area contributed by atoms with Gasteiger partial charge in [-0.05, 0) is 23.8 Å². The van der Waals surface area contributed by atoms with Gasteiger partial charge in [-0.15, -0.1) is 24.5 Å². The number of halogens is 4. The Morgan fingerprint density at radius 3 is 2.52 bits per heavy atom. The maximum Gasteiger partial charge on any atom is 0.573 e. The molecule has 1 heterocycles. The zero-order valence-electron chi connectivity index (χ0n) is 15.2. The van der Waals surface area contributed by atoms with Crippen LogP contribution in [-0.2, 0) is 17.8 Å². The van der Waals surface area contributed by atoms with E-state index in [-0.39, 0.29) is 24.6 Å². The largest absolute Gasteiger partial charge is 0.573 e. The first-order chi connectivity index (χ1) is 13.7. The Morgan fingerprint density at radius 1 is 1.17 bits per heavy atom. The third-order valence-electron chi connectivity index (χ3n) is 3.99. The summed E-state index contributed by atoms with van der Waals surface area (Å²) in [6.07, 6.45) is -4.61. The minimum Gasteiger partial charge on any atom is -0.406 e. The molecule has 0 saturated heterocycles. The van der Waals surface area contributed by atoms with Crippen molar-refractivity contribution < 1.29 is 22.7 Å². The molecule has 9 heteroatoms. The molecule has 2 aromatic carbocycles. The summed E-state index contributed by atoms with van der Waals surface area (Å²) in [6, 6.07) is 12.8. The van der Waals surface area contributed by atoms with Crippen LogP contribution in [0.4, 0.5) is 13.2 Å². The van der Waals surface area contributed by atoms with E-state index < -0.39 is 6.36 Å². The summed E-state index contributed by atoms with van der Waals surface area (Å²) in [5.74, 6) is -0.457. The van der Waals surface area contributed by atoms with Crippen LogP contribution in [0.1, 0.15) is 11.3 Å². The summed E-state index contributed by atoms with van der Waals surface area (Å²) in [6.45, 7) is 0.257. The van der Waals surface area contributed by atoms with Gasteiger partial charge in [-0.1, -0.05) is 41.9 Å². The molecule has 0 fully saturated rings. The van der Waals surface area contributed by atoms with E-state index in [1.54, 1.807) is 13.1 Å². The third kappa shape index (κ3) is 5.95. The quantitative estimate of drug-likeness (QED) is 0.503. The lowest BCUT2D eigenvalue weighted by atomic mass is 10.2. The van der Waals surface area contributed by atoms with Crippen molar-refractivity contribution in [2.75, 3.05) is 7.05 Å². The topological polar surface area (TPSA) is 42.4 Å². The predicted molar refractivity (Wildman–Crippen MR) is 106 cm³/mol. The van der Waals surface area contributed by atoms with Crippen molar-refractivity contribution in [3.8, 4) is 16.3 Å². The smallest absolute Gasteiger partial charge is 0.406 e. The van der Waals surface area contributed by atoms with Crippen molar-refractivity contribution in [1.29, 1.82) is 0 Å². The predicted octanol–water partition coefficient (Wildman–Crippen LogP) is 5.56. The minimum atomic E-state index is -4.73. The number of hydrogen-bond acceptors (Lipinski definition) is 4. The van der Waals surface area contributed by atoms with Crippen LogP contribution in [0, 0.1) is 0 Å². The van der Waals surface area contributed by atoms with E-state index in [1.807, 2.05) is 23.6 Å². The number of aromatic nitrogens is 1. The van der Waals surface area contributed by atoms with Gasteiger partial charge in [0.05, 0.1) is 17.1 Å². The lowest BCUT2D eigenvalue weighted by Gasteiger charge is -2.17. The molecule has 0 saturated carbocycles. The second kappa shape index (κ2) is 8.84. The second-order valence-corrected chi connectivity index (χ2v) is 7.51. The molecule has 0 atom stereocenters. The van der Waals surface area contributed by atoms with Crippen LogP contribution in [0.15, 0.2) is 53.9 Å². The van der Waals surface area contributed by atoms with Gasteiger partial charge in [-0.3, -0.25) is 4.79 Å². The number of carbonyl (C=O) groups excluding carboxylic acids is 1. The SMILES string of the molecule is CN(Cc1ccc(OC(F)(F)F)cc1)C(=O)Cc1csc(-c2ccccc2Cl)n1. The molecular weight excluding hydrogens is 425 g/mol. The first-order valence-electron chi connectivity index (χ1n) is 8.49. The van der Waals surface area contributed by atoms with Gasteiger partial charge in [-0.25, -0.2) is 4.98 Å². The van der Waals surface area contributed by atoms with Crippen molar-refractivity contribution >= 4 is 28.8 Å². The van der Waals surface area contributed by atoms with Gasteiger partial charge in [0.2, 0.25) is 5.91 Å². The number of alkyl halides is 3. The third-order valence-corrected chi connectivity index (χ3v) is 5.24. The molecule has 3 aromatic rings. The summed E-state index contributed by atoms with van der Waals surface area (Å²) in [5, 5.41) is 3.14. The molecular formula is C20H16ClF3N2O2S.